The molecule has 8 rings (SSSR count). The molecular formula is C61H60O16S4. The molecule has 424 valence electrons. The predicted molar refractivity (Wildman–Crippen MR) is 302 cm³/mol. The largest absolute Gasteiger partial charge is 0.508 e. The third-order valence-electron chi connectivity index (χ3n) is 12.9. The van der Waals surface area contributed by atoms with E-state index in [-0.39, 0.29) is 70.8 Å². The second-order valence-corrected chi connectivity index (χ2v) is 26.2. The number of methoxy groups -OCH3 is 1. The first kappa shape index (κ1) is 59.1. The fraction of sp³-hybridized carbons (Fsp3) is 0.213. The average molecular weight is 1180 g/mol. The molecule has 0 amide bonds. The van der Waals surface area contributed by atoms with Crippen LogP contribution in [0.5, 0.6) is 46.0 Å². The Morgan fingerprint density at radius 1 is 0.296 bits per heavy atom. The van der Waals surface area contributed by atoms with Crippen LogP contribution in [-0.2, 0) is 39.3 Å². The van der Waals surface area contributed by atoms with Crippen molar-refractivity contribution in [2.75, 3.05) is 26.9 Å². The van der Waals surface area contributed by atoms with Gasteiger partial charge in [-0.2, -0.15) is 0 Å². The van der Waals surface area contributed by atoms with Crippen LogP contribution in [0.3, 0.4) is 0 Å². The lowest BCUT2D eigenvalue weighted by Gasteiger charge is -2.19. The first-order chi connectivity index (χ1) is 38.8. The highest BCUT2D eigenvalue weighted by Crippen LogP contribution is 2.31. The highest BCUT2D eigenvalue weighted by molar-refractivity contribution is 7.92. The Bertz CT molecular complexity index is 3800. The number of rotatable bonds is 27. The fourth-order valence-electron chi connectivity index (χ4n) is 8.01. The van der Waals surface area contributed by atoms with Gasteiger partial charge in [0.25, 0.3) is 0 Å². The molecule has 0 heterocycles. The molecule has 8 aromatic carbocycles. The van der Waals surface area contributed by atoms with E-state index in [1.54, 1.807) is 84.9 Å². The normalized spacial score (nSPS) is 13.0. The summed E-state index contributed by atoms with van der Waals surface area (Å²) in [5.74, 6) is 3.13. The van der Waals surface area contributed by atoms with Gasteiger partial charge in [0.1, 0.15) is 84.1 Å². The molecule has 0 fully saturated rings. The molecule has 16 nitrogen and oxygen atoms in total. The first-order valence-corrected chi connectivity index (χ1v) is 31.7. The number of sulfone groups is 4. The van der Waals surface area contributed by atoms with Crippen molar-refractivity contribution in [3.8, 4) is 46.0 Å². The number of benzene rings is 8. The number of phenolic OH excluding ortho intramolecular Hbond substituents is 1. The van der Waals surface area contributed by atoms with Gasteiger partial charge < -0.3 is 38.3 Å². The Kier molecular flexibility index (Phi) is 19.0. The second kappa shape index (κ2) is 26.0. The monoisotopic (exact) mass is 1180 g/mol. The zero-order chi connectivity index (χ0) is 57.8. The molecule has 0 aliphatic rings. The molecule has 81 heavy (non-hydrogen) atoms. The summed E-state index contributed by atoms with van der Waals surface area (Å²) in [5.41, 5.74) is 0. The third kappa shape index (κ3) is 14.7. The lowest BCUT2D eigenvalue weighted by Crippen LogP contribution is -2.24. The van der Waals surface area contributed by atoms with Crippen molar-refractivity contribution in [1.29, 1.82) is 0 Å². The Balaban J connectivity index is 0.776. The van der Waals surface area contributed by atoms with Crippen molar-refractivity contribution >= 4 is 39.3 Å². The van der Waals surface area contributed by atoms with Crippen molar-refractivity contribution in [1.82, 2.24) is 0 Å². The van der Waals surface area contributed by atoms with Gasteiger partial charge in [-0.3, -0.25) is 0 Å². The molecule has 0 radical (unpaired) electrons. The minimum atomic E-state index is -3.91. The summed E-state index contributed by atoms with van der Waals surface area (Å²) in [4.78, 5) is 0.636. The Hall–Kier alpha value is -8.04. The zero-order valence-electron chi connectivity index (χ0n) is 44.7. The van der Waals surface area contributed by atoms with Crippen LogP contribution >= 0.6 is 0 Å². The summed E-state index contributed by atoms with van der Waals surface area (Å²) in [6.45, 7) is 6.17. The molecular weight excluding hydrogens is 1120 g/mol. The summed E-state index contributed by atoms with van der Waals surface area (Å²) in [5, 5.41) is 9.52. The molecule has 0 aliphatic carbocycles. The lowest BCUT2D eigenvalue weighted by molar-refractivity contribution is 0.125. The summed E-state index contributed by atoms with van der Waals surface area (Å²) in [6, 6.07) is 47.8. The predicted octanol–water partition coefficient (Wildman–Crippen LogP) is 11.4. The summed E-state index contributed by atoms with van der Waals surface area (Å²) >= 11 is 0. The quantitative estimate of drug-likeness (QED) is 0.0506. The van der Waals surface area contributed by atoms with Gasteiger partial charge in [0.2, 0.25) is 39.3 Å². The van der Waals surface area contributed by atoms with Gasteiger partial charge in [-0.05, 0) is 213 Å². The number of hydrogen-bond acceptors (Lipinski definition) is 16. The van der Waals surface area contributed by atoms with Crippen molar-refractivity contribution in [2.24, 2.45) is 0 Å². The topological polar surface area (TPSA) is 221 Å². The summed E-state index contributed by atoms with van der Waals surface area (Å²) < 4.78 is 148. The van der Waals surface area contributed by atoms with E-state index in [1.807, 2.05) is 20.8 Å². The Morgan fingerprint density at radius 2 is 0.481 bits per heavy atom. The first-order valence-electron chi connectivity index (χ1n) is 25.7. The molecule has 0 saturated carbocycles. The molecule has 0 spiro atoms. The van der Waals surface area contributed by atoms with Crippen LogP contribution in [0.15, 0.2) is 233 Å². The van der Waals surface area contributed by atoms with E-state index < -0.39 is 51.6 Å². The molecule has 0 saturated heterocycles. The zero-order valence-corrected chi connectivity index (χ0v) is 47.9. The van der Waals surface area contributed by atoms with E-state index in [9.17, 15) is 38.8 Å². The van der Waals surface area contributed by atoms with E-state index in [4.69, 9.17) is 33.2 Å². The highest BCUT2D eigenvalue weighted by Gasteiger charge is 2.23. The fourth-order valence-corrected chi connectivity index (χ4v) is 13.1. The summed E-state index contributed by atoms with van der Waals surface area (Å²) in [7, 11) is -13.8. The molecule has 3 atom stereocenters. The second-order valence-electron chi connectivity index (χ2n) is 18.4. The van der Waals surface area contributed by atoms with Crippen molar-refractivity contribution < 1.29 is 71.9 Å². The van der Waals surface area contributed by atoms with Crippen molar-refractivity contribution in [3.05, 3.63) is 194 Å². The maximum absolute atomic E-state index is 13.6. The Labute approximate surface area is 473 Å². The SMILES string of the molecule is CCC(COc1ccc(S(=O)(=O)c2ccc(OC(CC)COc3ccc(S(=O)(=O)c4ccc(OC(CC)COc5ccc(S(=O)(=O)c6ccc(O)cc6)cc5)cc4)cc3)cc2)cc1)Oc1ccc(S(=O)(=O)c2ccc(OC)cc2)cc1. The standard InChI is InChI=1S/C61H60O16S4/c1-5-44(40-72-48-12-28-56(29-13-48)78(63,64)54-24-8-43(62)9-25-54)76-52-20-36-60(37-21-52)80(67,68)58-32-16-50(17-33-58)74-42-46(7-3)77-53-22-38-61(39-23-53)81(69,70)57-30-14-49(15-31-57)73-41-45(6-2)75-51-18-34-59(35-19-51)79(65,66)55-26-10-47(71-4)11-27-55/h8-39,44-46,62H,5-7,40-42H2,1-4H3. The van der Waals surface area contributed by atoms with Crippen molar-refractivity contribution in [3.63, 3.8) is 0 Å². The maximum Gasteiger partial charge on any atom is 0.206 e. The molecule has 3 unspecified atom stereocenters. The van der Waals surface area contributed by atoms with Crippen LogP contribution in [0.25, 0.3) is 0 Å². The van der Waals surface area contributed by atoms with E-state index >= 15 is 0 Å². The number of phenols is 1. The van der Waals surface area contributed by atoms with Crippen LogP contribution in [-0.4, -0.2) is 84.0 Å². The Morgan fingerprint density at radius 3 is 0.679 bits per heavy atom. The molecule has 0 bridgehead atoms. The maximum atomic E-state index is 13.6. The van der Waals surface area contributed by atoms with Gasteiger partial charge >= 0.3 is 0 Å². The third-order valence-corrected chi connectivity index (χ3v) is 20.0. The van der Waals surface area contributed by atoms with E-state index in [2.05, 4.69) is 0 Å². The number of aromatic hydroxyl groups is 1. The summed E-state index contributed by atoms with van der Waals surface area (Å²) in [6.07, 6.45) is 0.484. The number of ether oxygens (including phenoxy) is 7. The van der Waals surface area contributed by atoms with E-state index in [0.717, 1.165) is 0 Å². The lowest BCUT2D eigenvalue weighted by atomic mass is 10.2. The minimum Gasteiger partial charge on any atom is -0.508 e. The van der Waals surface area contributed by atoms with E-state index in [0.29, 0.717) is 59.5 Å². The smallest absolute Gasteiger partial charge is 0.206 e. The van der Waals surface area contributed by atoms with Crippen LogP contribution in [0.1, 0.15) is 40.0 Å². The van der Waals surface area contributed by atoms with Gasteiger partial charge in [0.05, 0.1) is 46.3 Å². The minimum absolute atomic E-state index is 0.0375. The molecule has 1 N–H and O–H groups in total. The van der Waals surface area contributed by atoms with Gasteiger partial charge in [-0.1, -0.05) is 20.8 Å². The van der Waals surface area contributed by atoms with Gasteiger partial charge in [0, 0.05) is 0 Å². The van der Waals surface area contributed by atoms with Gasteiger partial charge in [-0.15, -0.1) is 0 Å². The van der Waals surface area contributed by atoms with Crippen LogP contribution in [0, 0.1) is 0 Å². The highest BCUT2D eigenvalue weighted by atomic mass is 32.2. The van der Waals surface area contributed by atoms with Gasteiger partial charge in [-0.25, -0.2) is 33.7 Å². The number of hydrogen-bond donors (Lipinski definition) is 1. The van der Waals surface area contributed by atoms with Crippen molar-refractivity contribution in [2.45, 2.75) is 97.5 Å². The molecule has 0 aliphatic heterocycles. The molecule has 0 aromatic heterocycles. The molecule has 20 heteroatoms. The van der Waals surface area contributed by atoms with Crippen LogP contribution in [0.4, 0.5) is 0 Å². The van der Waals surface area contributed by atoms with E-state index in [1.165, 1.54) is 116 Å². The van der Waals surface area contributed by atoms with Crippen LogP contribution < -0.4 is 33.2 Å². The van der Waals surface area contributed by atoms with Crippen LogP contribution in [0.2, 0.25) is 0 Å². The molecule has 8 aromatic rings. The average Bonchev–Trinajstić information content (AvgIpc) is 3.53. The van der Waals surface area contributed by atoms with Gasteiger partial charge in [0.15, 0.2) is 0 Å².